The Morgan fingerprint density at radius 3 is 2.33 bits per heavy atom. The smallest absolute Gasteiger partial charge is 0.0601 e. The van der Waals surface area contributed by atoms with Crippen molar-refractivity contribution in [2.45, 2.75) is 51.7 Å². The summed E-state index contributed by atoms with van der Waals surface area (Å²) in [5.41, 5.74) is 0.0815. The van der Waals surface area contributed by atoms with Gasteiger partial charge >= 0.3 is 0 Å². The maximum absolute atomic E-state index is 9.41. The van der Waals surface area contributed by atoms with Crippen molar-refractivity contribution in [1.29, 1.82) is 0 Å². The molecular weight excluding hydrogens is 190 g/mol. The number of methoxy groups -OCH3 is 1. The molecule has 1 rings (SSSR count). The summed E-state index contributed by atoms with van der Waals surface area (Å²) >= 11 is 0. The zero-order valence-electron chi connectivity index (χ0n) is 10.3. The van der Waals surface area contributed by atoms with Gasteiger partial charge in [-0.3, -0.25) is 0 Å². The van der Waals surface area contributed by atoms with Crippen LogP contribution in [0.5, 0.6) is 0 Å². The van der Waals surface area contributed by atoms with Crippen LogP contribution in [-0.2, 0) is 4.74 Å². The lowest BCUT2D eigenvalue weighted by atomic mass is 9.81. The maximum atomic E-state index is 9.41. The fourth-order valence-corrected chi connectivity index (χ4v) is 2.07. The molecule has 0 amide bonds. The van der Waals surface area contributed by atoms with Crippen molar-refractivity contribution in [3.8, 4) is 0 Å². The average Bonchev–Trinajstić information content (AvgIpc) is 2.23. The minimum Gasteiger partial charge on any atom is -0.396 e. The molecular formula is C12H25NO2. The number of nitrogens with one attached hydrogen (secondary N) is 1. The molecule has 2 N–H and O–H groups in total. The molecule has 0 bridgehead atoms. The molecule has 3 nitrogen and oxygen atoms in total. The highest BCUT2D eigenvalue weighted by Crippen LogP contribution is 2.27. The molecule has 0 saturated heterocycles. The van der Waals surface area contributed by atoms with Crippen LogP contribution in [0.2, 0.25) is 0 Å². The summed E-state index contributed by atoms with van der Waals surface area (Å²) in [4.78, 5) is 0. The quantitative estimate of drug-likeness (QED) is 0.677. The van der Waals surface area contributed by atoms with Gasteiger partial charge in [0.15, 0.2) is 0 Å². The Bertz CT molecular complexity index is 166. The second-order valence-corrected chi connectivity index (χ2v) is 4.77. The van der Waals surface area contributed by atoms with Crippen molar-refractivity contribution < 1.29 is 9.84 Å². The van der Waals surface area contributed by atoms with E-state index in [4.69, 9.17) is 4.74 Å². The minimum absolute atomic E-state index is 0.0815. The Morgan fingerprint density at radius 2 is 1.93 bits per heavy atom. The topological polar surface area (TPSA) is 41.5 Å². The molecule has 3 heteroatoms. The fraction of sp³-hybridized carbons (Fsp3) is 1.00. The van der Waals surface area contributed by atoms with E-state index < -0.39 is 0 Å². The molecule has 0 radical (unpaired) electrons. The largest absolute Gasteiger partial charge is 0.396 e. The first-order valence-corrected chi connectivity index (χ1v) is 6.06. The van der Waals surface area contributed by atoms with Crippen molar-refractivity contribution in [1.82, 2.24) is 5.32 Å². The van der Waals surface area contributed by atoms with Gasteiger partial charge in [0, 0.05) is 31.7 Å². The van der Waals surface area contributed by atoms with Crippen LogP contribution in [0.3, 0.4) is 0 Å². The Balaban J connectivity index is 2.23. The Morgan fingerprint density at radius 1 is 1.33 bits per heavy atom. The van der Waals surface area contributed by atoms with Crippen LogP contribution >= 0.6 is 0 Å². The maximum Gasteiger partial charge on any atom is 0.0601 e. The molecule has 0 aromatic carbocycles. The summed E-state index contributed by atoms with van der Waals surface area (Å²) in [6, 6.07) is 0.596. The highest BCUT2D eigenvalue weighted by atomic mass is 16.5. The van der Waals surface area contributed by atoms with Gasteiger partial charge in [-0.05, 0) is 25.7 Å². The molecule has 15 heavy (non-hydrogen) atoms. The second kappa shape index (κ2) is 5.83. The first-order chi connectivity index (χ1) is 7.19. The molecule has 0 heterocycles. The summed E-state index contributed by atoms with van der Waals surface area (Å²) in [6.07, 6.45) is 4.76. The predicted molar refractivity (Wildman–Crippen MR) is 61.9 cm³/mol. The van der Waals surface area contributed by atoms with Crippen LogP contribution in [0.15, 0.2) is 0 Å². The van der Waals surface area contributed by atoms with Crippen LogP contribution < -0.4 is 5.32 Å². The van der Waals surface area contributed by atoms with E-state index in [-0.39, 0.29) is 12.0 Å². The Hall–Kier alpha value is -0.120. The molecule has 0 aliphatic heterocycles. The molecule has 0 atom stereocenters. The third-order valence-electron chi connectivity index (χ3n) is 4.03. The van der Waals surface area contributed by atoms with E-state index in [0.29, 0.717) is 12.1 Å². The SMILES string of the molecule is CCC(CC)(CO)CNC1CC(OC)C1. The Labute approximate surface area is 93.2 Å². The number of rotatable bonds is 7. The van der Waals surface area contributed by atoms with Crippen LogP contribution in [0.1, 0.15) is 39.5 Å². The van der Waals surface area contributed by atoms with E-state index in [1.165, 1.54) is 0 Å². The van der Waals surface area contributed by atoms with Gasteiger partial charge in [0.05, 0.1) is 6.10 Å². The second-order valence-electron chi connectivity index (χ2n) is 4.77. The van der Waals surface area contributed by atoms with Crippen molar-refractivity contribution in [3.63, 3.8) is 0 Å². The monoisotopic (exact) mass is 215 g/mol. The van der Waals surface area contributed by atoms with Crippen molar-refractivity contribution in [2.75, 3.05) is 20.3 Å². The van der Waals surface area contributed by atoms with Gasteiger partial charge in [-0.2, -0.15) is 0 Å². The number of aliphatic hydroxyl groups excluding tert-OH is 1. The van der Waals surface area contributed by atoms with Gasteiger partial charge in [-0.15, -0.1) is 0 Å². The summed E-state index contributed by atoms with van der Waals surface area (Å²) in [6.45, 7) is 5.52. The molecule has 0 aromatic heterocycles. The Kier molecular flexibility index (Phi) is 5.03. The molecule has 1 fully saturated rings. The van der Waals surface area contributed by atoms with Gasteiger partial charge in [0.2, 0.25) is 0 Å². The van der Waals surface area contributed by atoms with E-state index in [1.54, 1.807) is 7.11 Å². The fourth-order valence-electron chi connectivity index (χ4n) is 2.07. The number of hydrogen-bond donors (Lipinski definition) is 2. The number of aliphatic hydroxyl groups is 1. The normalized spacial score (nSPS) is 26.4. The van der Waals surface area contributed by atoms with Gasteiger partial charge in [0.1, 0.15) is 0 Å². The summed E-state index contributed by atoms with van der Waals surface area (Å²) < 4.78 is 5.24. The molecule has 0 spiro atoms. The first kappa shape index (κ1) is 12.9. The van der Waals surface area contributed by atoms with E-state index >= 15 is 0 Å². The third kappa shape index (κ3) is 3.16. The molecule has 90 valence electrons. The summed E-state index contributed by atoms with van der Waals surface area (Å²) in [5.74, 6) is 0. The highest BCUT2D eigenvalue weighted by molar-refractivity contribution is 4.88. The lowest BCUT2D eigenvalue weighted by molar-refractivity contribution is 0.0105. The zero-order valence-corrected chi connectivity index (χ0v) is 10.3. The predicted octanol–water partition coefficient (Wildman–Crippen LogP) is 1.55. The third-order valence-corrected chi connectivity index (χ3v) is 4.03. The van der Waals surface area contributed by atoms with E-state index in [2.05, 4.69) is 19.2 Å². The summed E-state index contributed by atoms with van der Waals surface area (Å²) in [5, 5.41) is 13.0. The van der Waals surface area contributed by atoms with Crippen LogP contribution in [0.4, 0.5) is 0 Å². The zero-order chi connectivity index (χ0) is 11.3. The average molecular weight is 215 g/mol. The number of ether oxygens (including phenoxy) is 1. The van der Waals surface area contributed by atoms with Gasteiger partial charge < -0.3 is 15.2 Å². The van der Waals surface area contributed by atoms with E-state index in [0.717, 1.165) is 32.2 Å². The number of hydrogen-bond acceptors (Lipinski definition) is 3. The van der Waals surface area contributed by atoms with E-state index in [9.17, 15) is 5.11 Å². The lowest BCUT2D eigenvalue weighted by Gasteiger charge is -2.38. The lowest BCUT2D eigenvalue weighted by Crippen LogP contribution is -2.49. The van der Waals surface area contributed by atoms with Crippen LogP contribution in [0.25, 0.3) is 0 Å². The first-order valence-electron chi connectivity index (χ1n) is 6.06. The van der Waals surface area contributed by atoms with Gasteiger partial charge in [0.25, 0.3) is 0 Å². The van der Waals surface area contributed by atoms with Crippen LogP contribution in [0, 0.1) is 5.41 Å². The molecule has 1 aliphatic rings. The van der Waals surface area contributed by atoms with Crippen LogP contribution in [-0.4, -0.2) is 37.5 Å². The van der Waals surface area contributed by atoms with Crippen molar-refractivity contribution in [2.24, 2.45) is 5.41 Å². The van der Waals surface area contributed by atoms with E-state index in [1.807, 2.05) is 0 Å². The molecule has 0 aromatic rings. The molecule has 1 saturated carbocycles. The van der Waals surface area contributed by atoms with Gasteiger partial charge in [-0.25, -0.2) is 0 Å². The van der Waals surface area contributed by atoms with Gasteiger partial charge in [-0.1, -0.05) is 13.8 Å². The summed E-state index contributed by atoms with van der Waals surface area (Å²) in [7, 11) is 1.77. The standard InChI is InChI=1S/C12H25NO2/c1-4-12(5-2,9-14)8-13-10-6-11(7-10)15-3/h10-11,13-14H,4-9H2,1-3H3. The minimum atomic E-state index is 0.0815. The van der Waals surface area contributed by atoms with Crippen molar-refractivity contribution >= 4 is 0 Å². The highest BCUT2D eigenvalue weighted by Gasteiger charge is 2.32. The molecule has 0 unspecified atom stereocenters. The van der Waals surface area contributed by atoms with Crippen molar-refractivity contribution in [3.05, 3.63) is 0 Å². The molecule has 1 aliphatic carbocycles.